The summed E-state index contributed by atoms with van der Waals surface area (Å²) >= 11 is 4.20. The van der Waals surface area contributed by atoms with Crippen LogP contribution in [0.1, 0.15) is 57.2 Å². The highest BCUT2D eigenvalue weighted by molar-refractivity contribution is 7.78. The van der Waals surface area contributed by atoms with Gasteiger partial charge in [-0.3, -0.25) is 9.52 Å². The Kier molecular flexibility index (Phi) is 6.00. The molecular formula is C18H27FN2O2S. The van der Waals surface area contributed by atoms with Crippen molar-refractivity contribution in [2.24, 2.45) is 5.92 Å². The van der Waals surface area contributed by atoms with Crippen LogP contribution in [0.5, 0.6) is 0 Å². The van der Waals surface area contributed by atoms with Gasteiger partial charge in [0.2, 0.25) is 0 Å². The number of hydrogen-bond acceptors (Lipinski definition) is 4. The van der Waals surface area contributed by atoms with Gasteiger partial charge in [-0.1, -0.05) is 26.2 Å². The van der Waals surface area contributed by atoms with Crippen molar-refractivity contribution in [3.63, 3.8) is 0 Å². The van der Waals surface area contributed by atoms with Gasteiger partial charge in [0, 0.05) is 11.7 Å². The number of aromatic nitrogens is 1. The molecule has 0 spiro atoms. The number of nitrogens with zero attached hydrogens (tertiary/aromatic N) is 1. The Labute approximate surface area is 148 Å². The summed E-state index contributed by atoms with van der Waals surface area (Å²) < 4.78 is 24.5. The standard InChI is InChI=1S/C18H27FN2O2S/c1-2-12-3-7-14(8-4-12)23-11-17-16(20-24)10-6-13-5-9-15(19)18(22)21(13)17/h5,9,12,14,16-17,20,24H,2-4,6-8,10-11H2,1H3. The topological polar surface area (TPSA) is 43.3 Å². The maximum atomic E-state index is 13.8. The zero-order valence-electron chi connectivity index (χ0n) is 14.2. The smallest absolute Gasteiger partial charge is 0.287 e. The molecular weight excluding hydrogens is 327 g/mol. The Hall–Kier alpha value is -0.850. The van der Waals surface area contributed by atoms with Crippen LogP contribution in [0.15, 0.2) is 16.9 Å². The van der Waals surface area contributed by atoms with Crippen molar-refractivity contribution >= 4 is 12.8 Å². The molecule has 24 heavy (non-hydrogen) atoms. The van der Waals surface area contributed by atoms with E-state index in [1.807, 2.05) is 0 Å². The molecule has 1 saturated carbocycles. The molecule has 0 amide bonds. The third-order valence-electron chi connectivity index (χ3n) is 5.70. The van der Waals surface area contributed by atoms with E-state index in [4.69, 9.17) is 4.74 Å². The van der Waals surface area contributed by atoms with Gasteiger partial charge in [-0.2, -0.15) is 0 Å². The number of aryl methyl sites for hydroxylation is 1. The molecule has 1 N–H and O–H groups in total. The quantitative estimate of drug-likeness (QED) is 0.798. The molecule has 2 heterocycles. The molecule has 1 aromatic heterocycles. The van der Waals surface area contributed by atoms with Gasteiger partial charge < -0.3 is 9.30 Å². The van der Waals surface area contributed by atoms with Gasteiger partial charge in [-0.15, -0.1) is 0 Å². The molecule has 2 atom stereocenters. The monoisotopic (exact) mass is 354 g/mol. The first-order valence-corrected chi connectivity index (χ1v) is 9.49. The van der Waals surface area contributed by atoms with Crippen molar-refractivity contribution in [3.05, 3.63) is 34.0 Å². The average molecular weight is 354 g/mol. The second-order valence-corrected chi connectivity index (χ2v) is 7.33. The highest BCUT2D eigenvalue weighted by atomic mass is 32.1. The van der Waals surface area contributed by atoms with Crippen LogP contribution in [0.2, 0.25) is 0 Å². The summed E-state index contributed by atoms with van der Waals surface area (Å²) in [6, 6.07) is 2.78. The van der Waals surface area contributed by atoms with E-state index < -0.39 is 11.4 Å². The molecule has 1 aliphatic carbocycles. The summed E-state index contributed by atoms with van der Waals surface area (Å²) in [6.07, 6.45) is 7.68. The third kappa shape index (κ3) is 3.70. The Morgan fingerprint density at radius 1 is 1.29 bits per heavy atom. The van der Waals surface area contributed by atoms with E-state index in [2.05, 4.69) is 24.5 Å². The Morgan fingerprint density at radius 2 is 2.04 bits per heavy atom. The number of hydrogen-bond donors (Lipinski definition) is 2. The van der Waals surface area contributed by atoms with Gasteiger partial charge in [-0.05, 0) is 56.6 Å². The van der Waals surface area contributed by atoms with Crippen molar-refractivity contribution in [2.45, 2.75) is 70.1 Å². The lowest BCUT2D eigenvalue weighted by Crippen LogP contribution is -2.46. The van der Waals surface area contributed by atoms with Crippen LogP contribution < -0.4 is 10.3 Å². The van der Waals surface area contributed by atoms with Crippen molar-refractivity contribution < 1.29 is 9.13 Å². The summed E-state index contributed by atoms with van der Waals surface area (Å²) in [5, 5.41) is 0. The van der Waals surface area contributed by atoms with E-state index in [9.17, 15) is 9.18 Å². The average Bonchev–Trinajstić information content (AvgIpc) is 2.63. The number of halogens is 1. The number of pyridine rings is 1. The first kappa shape index (κ1) is 18.0. The Balaban J connectivity index is 1.72. The fourth-order valence-electron chi connectivity index (χ4n) is 4.09. The lowest BCUT2D eigenvalue weighted by Gasteiger charge is -2.36. The van der Waals surface area contributed by atoms with Crippen LogP contribution >= 0.6 is 12.8 Å². The summed E-state index contributed by atoms with van der Waals surface area (Å²) in [5.74, 6) is 0.121. The largest absolute Gasteiger partial charge is 0.376 e. The summed E-state index contributed by atoms with van der Waals surface area (Å²) in [5.41, 5.74) is 0.327. The predicted octanol–water partition coefficient (Wildman–Crippen LogP) is 3.26. The van der Waals surface area contributed by atoms with Crippen LogP contribution in [0.3, 0.4) is 0 Å². The van der Waals surface area contributed by atoms with Crippen molar-refractivity contribution in [1.29, 1.82) is 0 Å². The normalized spacial score (nSPS) is 30.1. The first-order chi connectivity index (χ1) is 11.6. The van der Waals surface area contributed by atoms with Crippen molar-refractivity contribution in [3.8, 4) is 0 Å². The van der Waals surface area contributed by atoms with E-state index in [0.29, 0.717) is 6.61 Å². The summed E-state index contributed by atoms with van der Waals surface area (Å²) in [7, 11) is 0. The van der Waals surface area contributed by atoms with E-state index in [0.717, 1.165) is 37.3 Å². The highest BCUT2D eigenvalue weighted by Crippen LogP contribution is 2.30. The van der Waals surface area contributed by atoms with Crippen LogP contribution in [-0.2, 0) is 11.2 Å². The van der Waals surface area contributed by atoms with Gasteiger partial charge in [0.25, 0.3) is 5.56 Å². The van der Waals surface area contributed by atoms with Gasteiger partial charge in [0.05, 0.1) is 18.8 Å². The molecule has 0 aromatic carbocycles. The fraction of sp³-hybridized carbons (Fsp3) is 0.722. The second kappa shape index (κ2) is 8.02. The van der Waals surface area contributed by atoms with Crippen LogP contribution in [0, 0.1) is 11.7 Å². The van der Waals surface area contributed by atoms with E-state index in [1.54, 1.807) is 10.6 Å². The first-order valence-electron chi connectivity index (χ1n) is 9.05. The molecule has 0 saturated heterocycles. The highest BCUT2D eigenvalue weighted by Gasteiger charge is 2.31. The molecule has 1 fully saturated rings. The molecule has 134 valence electrons. The lowest BCUT2D eigenvalue weighted by atomic mass is 9.86. The molecule has 4 nitrogen and oxygen atoms in total. The Bertz CT molecular complexity index is 614. The van der Waals surface area contributed by atoms with Crippen LogP contribution in [-0.4, -0.2) is 23.3 Å². The predicted molar refractivity (Wildman–Crippen MR) is 95.9 cm³/mol. The van der Waals surface area contributed by atoms with Gasteiger partial charge in [0.1, 0.15) is 0 Å². The SMILES string of the molecule is CCC1CCC(OCC2C(NS)CCc3ccc(F)c(=O)n32)CC1. The third-order valence-corrected chi connectivity index (χ3v) is 6.03. The van der Waals surface area contributed by atoms with Crippen molar-refractivity contribution in [1.82, 2.24) is 9.29 Å². The minimum absolute atomic E-state index is 0.00677. The second-order valence-electron chi connectivity index (χ2n) is 7.07. The van der Waals surface area contributed by atoms with Gasteiger partial charge in [0.15, 0.2) is 5.82 Å². The number of ether oxygens (including phenoxy) is 1. The zero-order chi connectivity index (χ0) is 17.1. The van der Waals surface area contributed by atoms with E-state index in [1.165, 1.54) is 25.3 Å². The van der Waals surface area contributed by atoms with Crippen LogP contribution in [0.25, 0.3) is 0 Å². The van der Waals surface area contributed by atoms with Crippen molar-refractivity contribution in [2.75, 3.05) is 6.61 Å². The molecule has 1 aliphatic heterocycles. The summed E-state index contributed by atoms with van der Waals surface area (Å²) in [6.45, 7) is 2.67. The molecule has 1 aromatic rings. The molecule has 0 radical (unpaired) electrons. The lowest BCUT2D eigenvalue weighted by molar-refractivity contribution is -0.00691. The molecule has 0 bridgehead atoms. The molecule has 3 rings (SSSR count). The number of rotatable bonds is 5. The number of thiol groups is 1. The molecule has 2 aliphatic rings. The van der Waals surface area contributed by atoms with E-state index >= 15 is 0 Å². The number of fused-ring (bicyclic) bond motifs is 1. The van der Waals surface area contributed by atoms with E-state index in [-0.39, 0.29) is 18.2 Å². The Morgan fingerprint density at radius 3 is 2.71 bits per heavy atom. The molecule has 2 unspecified atom stereocenters. The summed E-state index contributed by atoms with van der Waals surface area (Å²) in [4.78, 5) is 12.3. The minimum Gasteiger partial charge on any atom is -0.376 e. The number of nitrogens with one attached hydrogen (secondary N) is 1. The maximum absolute atomic E-state index is 13.8. The minimum atomic E-state index is -0.702. The zero-order valence-corrected chi connectivity index (χ0v) is 15.1. The molecule has 6 heteroatoms. The maximum Gasteiger partial charge on any atom is 0.287 e. The van der Waals surface area contributed by atoms with Gasteiger partial charge in [-0.25, -0.2) is 4.39 Å². The van der Waals surface area contributed by atoms with Gasteiger partial charge >= 0.3 is 0 Å². The van der Waals surface area contributed by atoms with Crippen LogP contribution in [0.4, 0.5) is 4.39 Å². The fourth-order valence-corrected chi connectivity index (χ4v) is 4.39.